The molecular formula is C20H19FN4O2. The predicted octanol–water partition coefficient (Wildman–Crippen LogP) is 3.30. The normalized spacial score (nSPS) is 14.2. The van der Waals surface area contributed by atoms with Gasteiger partial charge in [-0.1, -0.05) is 0 Å². The molecule has 6 nitrogen and oxygen atoms in total. The number of anilines is 2. The van der Waals surface area contributed by atoms with E-state index in [1.165, 1.54) is 12.1 Å². The first-order valence-corrected chi connectivity index (χ1v) is 8.74. The van der Waals surface area contributed by atoms with Gasteiger partial charge in [0, 0.05) is 30.0 Å². The van der Waals surface area contributed by atoms with Gasteiger partial charge in [0.1, 0.15) is 11.5 Å². The molecule has 2 N–H and O–H groups in total. The Kier molecular flexibility index (Phi) is 4.84. The lowest BCUT2D eigenvalue weighted by Crippen LogP contribution is -2.36. The first-order valence-electron chi connectivity index (χ1n) is 8.74. The molecule has 0 unspecified atom stereocenters. The molecule has 1 amide bonds. The number of benzene rings is 2. The number of aromatic nitrogens is 2. The number of H-pyrrole nitrogens is 1. The van der Waals surface area contributed by atoms with Crippen LogP contribution >= 0.6 is 0 Å². The van der Waals surface area contributed by atoms with Crippen LogP contribution in [0.5, 0.6) is 0 Å². The Labute approximate surface area is 156 Å². The van der Waals surface area contributed by atoms with Crippen LogP contribution < -0.4 is 10.2 Å². The van der Waals surface area contributed by atoms with Crippen molar-refractivity contribution in [3.63, 3.8) is 0 Å². The fourth-order valence-corrected chi connectivity index (χ4v) is 2.98. The van der Waals surface area contributed by atoms with Crippen LogP contribution in [0.1, 0.15) is 10.5 Å². The summed E-state index contributed by atoms with van der Waals surface area (Å²) in [5.74, 6) is -0.595. The van der Waals surface area contributed by atoms with E-state index in [9.17, 15) is 9.18 Å². The smallest absolute Gasteiger partial charge is 0.273 e. The van der Waals surface area contributed by atoms with Gasteiger partial charge in [-0.05, 0) is 54.6 Å². The summed E-state index contributed by atoms with van der Waals surface area (Å²) < 4.78 is 18.4. The number of carbonyl (C=O) groups is 1. The molecule has 7 heteroatoms. The van der Waals surface area contributed by atoms with Gasteiger partial charge >= 0.3 is 0 Å². The Hall–Kier alpha value is -3.19. The lowest BCUT2D eigenvalue weighted by molar-refractivity contribution is 0.102. The molecule has 0 atom stereocenters. The minimum atomic E-state index is -0.312. The molecule has 0 bridgehead atoms. The third kappa shape index (κ3) is 3.98. The van der Waals surface area contributed by atoms with E-state index < -0.39 is 0 Å². The maximum atomic E-state index is 13.0. The highest BCUT2D eigenvalue weighted by Gasteiger charge is 2.13. The zero-order valence-electron chi connectivity index (χ0n) is 14.6. The summed E-state index contributed by atoms with van der Waals surface area (Å²) in [5, 5.41) is 9.70. The van der Waals surface area contributed by atoms with Crippen molar-refractivity contribution in [2.24, 2.45) is 0 Å². The minimum Gasteiger partial charge on any atom is -0.378 e. The largest absolute Gasteiger partial charge is 0.378 e. The SMILES string of the molecule is O=C(Nc1ccc(N2CCOCC2)cc1)c1cc(-c2ccc(F)cc2)n[nH]1. The van der Waals surface area contributed by atoms with Gasteiger partial charge in [0.2, 0.25) is 0 Å². The van der Waals surface area contributed by atoms with Crippen LogP contribution in [-0.4, -0.2) is 42.4 Å². The van der Waals surface area contributed by atoms with Crippen LogP contribution in [-0.2, 0) is 4.74 Å². The summed E-state index contributed by atoms with van der Waals surface area (Å²) >= 11 is 0. The van der Waals surface area contributed by atoms with Crippen molar-refractivity contribution >= 4 is 17.3 Å². The van der Waals surface area contributed by atoms with Gasteiger partial charge < -0.3 is 15.0 Å². The average molecular weight is 366 g/mol. The number of amides is 1. The molecule has 4 rings (SSSR count). The highest BCUT2D eigenvalue weighted by Crippen LogP contribution is 2.21. The number of nitrogens with one attached hydrogen (secondary N) is 2. The molecule has 27 heavy (non-hydrogen) atoms. The Balaban J connectivity index is 1.42. The van der Waals surface area contributed by atoms with Crippen LogP contribution in [0.15, 0.2) is 54.6 Å². The maximum Gasteiger partial charge on any atom is 0.273 e. The fourth-order valence-electron chi connectivity index (χ4n) is 2.98. The number of halogens is 1. The summed E-state index contributed by atoms with van der Waals surface area (Å²) in [4.78, 5) is 14.7. The van der Waals surface area contributed by atoms with Gasteiger partial charge in [-0.25, -0.2) is 4.39 Å². The molecule has 0 saturated carbocycles. The average Bonchev–Trinajstić information content (AvgIpc) is 3.20. The summed E-state index contributed by atoms with van der Waals surface area (Å²) in [6.07, 6.45) is 0. The number of hydrogen-bond donors (Lipinski definition) is 2. The zero-order valence-corrected chi connectivity index (χ0v) is 14.6. The fraction of sp³-hybridized carbons (Fsp3) is 0.200. The van der Waals surface area contributed by atoms with Gasteiger partial charge in [0.15, 0.2) is 0 Å². The molecule has 2 aromatic carbocycles. The van der Waals surface area contributed by atoms with Gasteiger partial charge in [-0.2, -0.15) is 5.10 Å². The highest BCUT2D eigenvalue weighted by molar-refractivity contribution is 6.03. The number of rotatable bonds is 4. The maximum absolute atomic E-state index is 13.0. The van der Waals surface area contributed by atoms with Gasteiger partial charge in [-0.15, -0.1) is 0 Å². The Morgan fingerprint density at radius 1 is 1.07 bits per heavy atom. The number of nitrogens with zero attached hydrogens (tertiary/aromatic N) is 2. The summed E-state index contributed by atoms with van der Waals surface area (Å²) in [6.45, 7) is 3.20. The second kappa shape index (κ2) is 7.59. The summed E-state index contributed by atoms with van der Waals surface area (Å²) in [5.41, 5.74) is 3.47. The second-order valence-electron chi connectivity index (χ2n) is 6.27. The molecular weight excluding hydrogens is 347 g/mol. The van der Waals surface area contributed by atoms with Crippen LogP contribution in [0, 0.1) is 5.82 Å². The summed E-state index contributed by atoms with van der Waals surface area (Å²) in [6, 6.07) is 15.3. The van der Waals surface area contributed by atoms with Crippen LogP contribution in [0.4, 0.5) is 15.8 Å². The monoisotopic (exact) mass is 366 g/mol. The number of hydrogen-bond acceptors (Lipinski definition) is 4. The first-order chi connectivity index (χ1) is 13.2. The van der Waals surface area contributed by atoms with Crippen LogP contribution in [0.2, 0.25) is 0 Å². The van der Waals surface area contributed by atoms with Crippen molar-refractivity contribution in [3.05, 3.63) is 66.1 Å². The molecule has 2 heterocycles. The van der Waals surface area contributed by atoms with E-state index in [0.717, 1.165) is 37.6 Å². The molecule has 3 aromatic rings. The molecule has 1 aromatic heterocycles. The minimum absolute atomic E-state index is 0.282. The highest BCUT2D eigenvalue weighted by atomic mass is 19.1. The number of ether oxygens (including phenoxy) is 1. The molecule has 0 aliphatic carbocycles. The van der Waals surface area contributed by atoms with Gasteiger partial charge in [-0.3, -0.25) is 9.89 Å². The van der Waals surface area contributed by atoms with E-state index in [1.54, 1.807) is 18.2 Å². The van der Waals surface area contributed by atoms with Crippen molar-refractivity contribution in [1.29, 1.82) is 0 Å². The molecule has 0 radical (unpaired) electrons. The Morgan fingerprint density at radius 3 is 2.48 bits per heavy atom. The number of carbonyl (C=O) groups excluding carboxylic acids is 1. The van der Waals surface area contributed by atoms with Gasteiger partial charge in [0.25, 0.3) is 5.91 Å². The lowest BCUT2D eigenvalue weighted by atomic mass is 10.1. The topological polar surface area (TPSA) is 70.2 Å². The Bertz CT molecular complexity index is 916. The van der Waals surface area contributed by atoms with Crippen molar-refractivity contribution in [2.45, 2.75) is 0 Å². The molecule has 1 saturated heterocycles. The van der Waals surface area contributed by atoms with Gasteiger partial charge in [0.05, 0.1) is 18.9 Å². The quantitative estimate of drug-likeness (QED) is 0.743. The lowest BCUT2D eigenvalue weighted by Gasteiger charge is -2.28. The molecule has 1 aliphatic heterocycles. The van der Waals surface area contributed by atoms with E-state index in [1.807, 2.05) is 24.3 Å². The zero-order chi connectivity index (χ0) is 18.6. The molecule has 1 aliphatic rings. The van der Waals surface area contributed by atoms with Crippen molar-refractivity contribution in [3.8, 4) is 11.3 Å². The Morgan fingerprint density at radius 2 is 1.78 bits per heavy atom. The predicted molar refractivity (Wildman–Crippen MR) is 101 cm³/mol. The van der Waals surface area contributed by atoms with Crippen LogP contribution in [0.25, 0.3) is 11.3 Å². The molecule has 0 spiro atoms. The van der Waals surface area contributed by atoms with Crippen molar-refractivity contribution < 1.29 is 13.9 Å². The van der Waals surface area contributed by atoms with E-state index >= 15 is 0 Å². The second-order valence-corrected chi connectivity index (χ2v) is 6.27. The van der Waals surface area contributed by atoms with Crippen molar-refractivity contribution in [2.75, 3.05) is 36.5 Å². The van der Waals surface area contributed by atoms with E-state index in [4.69, 9.17) is 4.74 Å². The molecule has 1 fully saturated rings. The third-order valence-electron chi connectivity index (χ3n) is 4.46. The van der Waals surface area contributed by atoms with E-state index in [2.05, 4.69) is 20.4 Å². The van der Waals surface area contributed by atoms with E-state index in [-0.39, 0.29) is 11.7 Å². The first kappa shape index (κ1) is 17.2. The van der Waals surface area contributed by atoms with Crippen molar-refractivity contribution in [1.82, 2.24) is 10.2 Å². The standard InChI is InChI=1S/C20H19FN4O2/c21-15-3-1-14(2-4-15)18-13-19(24-23-18)20(26)22-16-5-7-17(8-6-16)25-9-11-27-12-10-25/h1-8,13H,9-12H2,(H,22,26)(H,23,24). The number of morpholine rings is 1. The third-order valence-corrected chi connectivity index (χ3v) is 4.46. The summed E-state index contributed by atoms with van der Waals surface area (Å²) in [7, 11) is 0. The van der Waals surface area contributed by atoms with Crippen LogP contribution in [0.3, 0.4) is 0 Å². The van der Waals surface area contributed by atoms with E-state index in [0.29, 0.717) is 17.1 Å². The molecule has 138 valence electrons. The number of aromatic amines is 1.